The van der Waals surface area contributed by atoms with Crippen molar-refractivity contribution in [3.05, 3.63) is 34.5 Å². The van der Waals surface area contributed by atoms with Gasteiger partial charge in [0, 0.05) is 23.2 Å². The number of ether oxygens (including phenoxy) is 2. The van der Waals surface area contributed by atoms with E-state index in [1.165, 1.54) is 4.90 Å². The number of nitrogens with one attached hydrogen (secondary N) is 1. The van der Waals surface area contributed by atoms with Crippen LogP contribution in [0.15, 0.2) is 29.2 Å². The van der Waals surface area contributed by atoms with Crippen LogP contribution in [0.4, 0.5) is 4.79 Å². The van der Waals surface area contributed by atoms with Crippen LogP contribution >= 0.6 is 0 Å². The van der Waals surface area contributed by atoms with Crippen molar-refractivity contribution >= 4 is 6.03 Å². The van der Waals surface area contributed by atoms with E-state index >= 15 is 0 Å². The lowest BCUT2D eigenvalue weighted by atomic mass is 10.1. The van der Waals surface area contributed by atoms with Crippen LogP contribution in [0.1, 0.15) is 34.1 Å². The molecule has 2 aliphatic heterocycles. The van der Waals surface area contributed by atoms with E-state index in [-0.39, 0.29) is 23.8 Å². The van der Waals surface area contributed by atoms with Crippen LogP contribution in [-0.2, 0) is 9.47 Å². The molecule has 1 unspecified atom stereocenters. The summed E-state index contributed by atoms with van der Waals surface area (Å²) in [5.41, 5.74) is 9.85. The molecule has 0 saturated carbocycles. The molecule has 2 amide bonds. The van der Waals surface area contributed by atoms with Crippen molar-refractivity contribution in [3.63, 3.8) is 0 Å². The van der Waals surface area contributed by atoms with Crippen LogP contribution in [0, 0.1) is 0 Å². The van der Waals surface area contributed by atoms with Crippen LogP contribution in [0.2, 0.25) is 0 Å². The van der Waals surface area contributed by atoms with Gasteiger partial charge in [0.2, 0.25) is 0 Å². The van der Waals surface area contributed by atoms with Gasteiger partial charge in [-0.05, 0) is 38.8 Å². The summed E-state index contributed by atoms with van der Waals surface area (Å²) in [7, 11) is 0. The van der Waals surface area contributed by atoms with E-state index in [4.69, 9.17) is 15.0 Å². The Morgan fingerprint density at radius 1 is 1.61 bits per heavy atom. The van der Waals surface area contributed by atoms with Crippen molar-refractivity contribution in [2.24, 2.45) is 5.11 Å². The number of nitrogens with zero attached hydrogens (tertiary/aromatic N) is 4. The topological polar surface area (TPSA) is 99.6 Å². The van der Waals surface area contributed by atoms with Crippen molar-refractivity contribution < 1.29 is 14.3 Å². The van der Waals surface area contributed by atoms with E-state index in [1.54, 1.807) is 6.20 Å². The Morgan fingerprint density at radius 3 is 2.91 bits per heavy atom. The SMILES string of the molecule is C=C1NC(=O)N([C@H]2CC(N=[N+]=[N-])[C@@H](COC(C)(C)C)O2)C=C1C. The Kier molecular flexibility index (Phi) is 4.99. The Labute approximate surface area is 135 Å². The zero-order valence-electron chi connectivity index (χ0n) is 13.9. The molecule has 8 heteroatoms. The molecular formula is C15H23N5O3. The Bertz CT molecular complexity index is 574. The average molecular weight is 321 g/mol. The maximum absolute atomic E-state index is 12.1. The summed E-state index contributed by atoms with van der Waals surface area (Å²) in [5.74, 6) is 0. The third-order valence-corrected chi connectivity index (χ3v) is 3.70. The van der Waals surface area contributed by atoms with Gasteiger partial charge < -0.3 is 14.8 Å². The van der Waals surface area contributed by atoms with Gasteiger partial charge in [-0.3, -0.25) is 4.90 Å². The summed E-state index contributed by atoms with van der Waals surface area (Å²) in [6, 6.07) is -0.679. The monoisotopic (exact) mass is 321 g/mol. The first-order valence-corrected chi connectivity index (χ1v) is 7.52. The second kappa shape index (κ2) is 6.62. The number of hydrogen-bond acceptors (Lipinski definition) is 4. The van der Waals surface area contributed by atoms with Crippen molar-refractivity contribution in [1.29, 1.82) is 0 Å². The number of carbonyl (C=O) groups excluding carboxylic acids is 1. The maximum atomic E-state index is 12.1. The molecule has 126 valence electrons. The first-order valence-electron chi connectivity index (χ1n) is 7.52. The summed E-state index contributed by atoms with van der Waals surface area (Å²) in [5, 5.41) is 6.47. The number of allylic oxidation sites excluding steroid dienone is 1. The molecule has 0 spiro atoms. The maximum Gasteiger partial charge on any atom is 0.327 e. The van der Waals surface area contributed by atoms with E-state index in [2.05, 4.69) is 21.9 Å². The highest BCUT2D eigenvalue weighted by molar-refractivity contribution is 5.80. The predicted molar refractivity (Wildman–Crippen MR) is 85.2 cm³/mol. The van der Waals surface area contributed by atoms with Gasteiger partial charge in [-0.2, -0.15) is 0 Å². The van der Waals surface area contributed by atoms with Gasteiger partial charge in [-0.15, -0.1) is 0 Å². The fourth-order valence-corrected chi connectivity index (χ4v) is 2.41. The van der Waals surface area contributed by atoms with Crippen molar-refractivity contribution in [1.82, 2.24) is 10.2 Å². The smallest absolute Gasteiger partial charge is 0.327 e. The lowest BCUT2D eigenvalue weighted by molar-refractivity contribution is -0.0892. The largest absolute Gasteiger partial charge is 0.373 e. The van der Waals surface area contributed by atoms with Crippen LogP contribution in [0.25, 0.3) is 10.4 Å². The highest BCUT2D eigenvalue weighted by atomic mass is 16.6. The molecule has 0 aromatic rings. The molecule has 0 aromatic heterocycles. The minimum Gasteiger partial charge on any atom is -0.373 e. The Balaban J connectivity index is 2.11. The van der Waals surface area contributed by atoms with Crippen LogP contribution < -0.4 is 5.32 Å². The fraction of sp³-hybridized carbons (Fsp3) is 0.667. The predicted octanol–water partition coefficient (Wildman–Crippen LogP) is 3.04. The summed E-state index contributed by atoms with van der Waals surface area (Å²) in [6.45, 7) is 11.8. The van der Waals surface area contributed by atoms with Gasteiger partial charge in [-0.1, -0.05) is 11.7 Å². The Morgan fingerprint density at radius 2 is 2.30 bits per heavy atom. The fourth-order valence-electron chi connectivity index (χ4n) is 2.41. The molecule has 1 fully saturated rings. The molecule has 0 radical (unpaired) electrons. The molecule has 1 saturated heterocycles. The highest BCUT2D eigenvalue weighted by Crippen LogP contribution is 2.29. The number of urea groups is 1. The van der Waals surface area contributed by atoms with Crippen LogP contribution in [0.5, 0.6) is 0 Å². The average Bonchev–Trinajstić information content (AvgIpc) is 2.83. The first kappa shape index (κ1) is 17.3. The summed E-state index contributed by atoms with van der Waals surface area (Å²) in [6.07, 6.45) is 1.24. The Hall–Kier alpha value is -2.02. The second-order valence-electron chi connectivity index (χ2n) is 6.69. The van der Waals surface area contributed by atoms with Crippen molar-refractivity contribution in [2.75, 3.05) is 6.61 Å². The molecule has 1 N–H and O–H groups in total. The van der Waals surface area contributed by atoms with E-state index in [1.807, 2.05) is 27.7 Å². The molecular weight excluding hydrogens is 298 g/mol. The third kappa shape index (κ3) is 4.25. The molecule has 0 aromatic carbocycles. The van der Waals surface area contributed by atoms with Gasteiger partial charge in [0.25, 0.3) is 0 Å². The molecule has 2 rings (SSSR count). The van der Waals surface area contributed by atoms with E-state index in [0.717, 1.165) is 5.57 Å². The number of amides is 2. The van der Waals surface area contributed by atoms with Crippen LogP contribution in [0.3, 0.4) is 0 Å². The minimum absolute atomic E-state index is 0.300. The van der Waals surface area contributed by atoms with Gasteiger partial charge in [0.1, 0.15) is 6.23 Å². The summed E-state index contributed by atoms with van der Waals surface area (Å²) >= 11 is 0. The van der Waals surface area contributed by atoms with E-state index in [0.29, 0.717) is 18.7 Å². The van der Waals surface area contributed by atoms with Crippen LogP contribution in [-0.4, -0.2) is 41.5 Å². The van der Waals surface area contributed by atoms with Crippen molar-refractivity contribution in [2.45, 2.75) is 58.1 Å². The number of hydrogen-bond donors (Lipinski definition) is 1. The molecule has 2 heterocycles. The number of rotatable bonds is 4. The van der Waals surface area contributed by atoms with E-state index in [9.17, 15) is 4.79 Å². The number of azide groups is 1. The van der Waals surface area contributed by atoms with Gasteiger partial charge in [0.15, 0.2) is 0 Å². The highest BCUT2D eigenvalue weighted by Gasteiger charge is 2.40. The standard InChI is InChI=1S/C15H23N5O3/c1-9-7-20(14(21)17-10(9)2)13-6-11(18-19-16)12(23-13)8-22-15(3,4)5/h7,11-13H,2,6,8H2,1,3-5H3,(H,17,21)/t11?,12-,13-/m1/s1. The summed E-state index contributed by atoms with van der Waals surface area (Å²) in [4.78, 5) is 16.5. The van der Waals surface area contributed by atoms with Gasteiger partial charge in [0.05, 0.1) is 24.4 Å². The molecule has 3 atom stereocenters. The van der Waals surface area contributed by atoms with Gasteiger partial charge >= 0.3 is 6.03 Å². The molecule has 0 bridgehead atoms. The summed E-state index contributed by atoms with van der Waals surface area (Å²) < 4.78 is 11.7. The molecule has 2 aliphatic rings. The normalized spacial score (nSPS) is 28.3. The first-order chi connectivity index (χ1) is 10.7. The lowest BCUT2D eigenvalue weighted by Gasteiger charge is -2.31. The molecule has 23 heavy (non-hydrogen) atoms. The van der Waals surface area contributed by atoms with Crippen molar-refractivity contribution in [3.8, 4) is 0 Å². The zero-order valence-corrected chi connectivity index (χ0v) is 13.9. The minimum atomic E-state index is -0.498. The number of carbonyl (C=O) groups is 1. The van der Waals surface area contributed by atoms with Gasteiger partial charge in [-0.25, -0.2) is 4.79 Å². The zero-order chi connectivity index (χ0) is 17.2. The molecule has 0 aliphatic carbocycles. The molecule has 8 nitrogen and oxygen atoms in total. The van der Waals surface area contributed by atoms with E-state index < -0.39 is 6.23 Å². The third-order valence-electron chi connectivity index (χ3n) is 3.70. The quantitative estimate of drug-likeness (QED) is 0.489. The lowest BCUT2D eigenvalue weighted by Crippen LogP contribution is -2.45. The second-order valence-corrected chi connectivity index (χ2v) is 6.69.